The predicted molar refractivity (Wildman–Crippen MR) is 138 cm³/mol. The largest absolute Gasteiger partial charge is 0.573 e. The summed E-state index contributed by atoms with van der Waals surface area (Å²) in [4.78, 5) is 24.1. The molecule has 12 heteroatoms. The highest BCUT2D eigenvalue weighted by Gasteiger charge is 2.39. The van der Waals surface area contributed by atoms with Crippen LogP contribution in [-0.2, 0) is 11.8 Å². The number of nitrogen functional groups attached to an aromatic ring is 1. The molecule has 0 saturated carbocycles. The van der Waals surface area contributed by atoms with Crippen LogP contribution in [-0.4, -0.2) is 80.0 Å². The molecule has 1 amide bonds. The molecule has 3 N–H and O–H groups in total. The van der Waals surface area contributed by atoms with Gasteiger partial charge < -0.3 is 25.0 Å². The number of amides is 1. The van der Waals surface area contributed by atoms with Crippen molar-refractivity contribution in [3.63, 3.8) is 0 Å². The number of aryl methyl sites for hydroxylation is 1. The smallest absolute Gasteiger partial charge is 0.406 e. The third-order valence-corrected chi connectivity index (χ3v) is 7.18. The van der Waals surface area contributed by atoms with Gasteiger partial charge in [-0.2, -0.15) is 0 Å². The Labute approximate surface area is 222 Å². The van der Waals surface area contributed by atoms with E-state index in [0.29, 0.717) is 53.9 Å². The van der Waals surface area contributed by atoms with Crippen molar-refractivity contribution in [2.45, 2.75) is 24.9 Å². The number of anilines is 1. The van der Waals surface area contributed by atoms with Crippen LogP contribution in [0.3, 0.4) is 0 Å². The number of benzene rings is 1. The first-order chi connectivity index (χ1) is 18.6. The standard InChI is InChI=1S/C27H27F3N6O3/c1-3-22(38)35-11-10-19(21(37)14-35)36-12-16(13-36)4-9-20-23(24-25(31)32-15-33-26(24)34(20)2)17-5-7-18(8-6-17)39-27(28,29)30/h3,5-8,15-16,19,21,37H,1,10-14H2,2H3,(H2,31,32,33)/t19-,21+/m1/s1. The van der Waals surface area contributed by atoms with Crippen LogP contribution >= 0.6 is 0 Å². The summed E-state index contributed by atoms with van der Waals surface area (Å²) in [5.41, 5.74) is 8.57. The van der Waals surface area contributed by atoms with Gasteiger partial charge in [-0.05, 0) is 36.1 Å². The van der Waals surface area contributed by atoms with E-state index in [9.17, 15) is 23.1 Å². The van der Waals surface area contributed by atoms with Gasteiger partial charge in [0.2, 0.25) is 5.91 Å². The molecule has 1 aromatic carbocycles. The SMILES string of the molecule is C=CC(=O)N1CC[C@@H](N2CC(C#Cc3c(-c4ccc(OC(F)(F)F)cc4)c4c(N)ncnc4n3C)C2)[C@@H](O)C1. The lowest BCUT2D eigenvalue weighted by Gasteiger charge is -2.47. The Morgan fingerprint density at radius 2 is 1.95 bits per heavy atom. The first-order valence-electron chi connectivity index (χ1n) is 12.4. The normalized spacial score (nSPS) is 20.3. The van der Waals surface area contributed by atoms with Gasteiger partial charge in [0.15, 0.2) is 0 Å². The lowest BCUT2D eigenvalue weighted by Crippen LogP contribution is -2.61. The van der Waals surface area contributed by atoms with Gasteiger partial charge >= 0.3 is 6.36 Å². The molecule has 5 rings (SSSR count). The highest BCUT2D eigenvalue weighted by molar-refractivity contribution is 6.03. The Morgan fingerprint density at radius 1 is 1.23 bits per heavy atom. The van der Waals surface area contributed by atoms with E-state index in [0.717, 1.165) is 0 Å². The van der Waals surface area contributed by atoms with Crippen molar-refractivity contribution in [2.75, 3.05) is 31.9 Å². The van der Waals surface area contributed by atoms with Gasteiger partial charge in [-0.3, -0.25) is 9.69 Å². The molecule has 9 nitrogen and oxygen atoms in total. The molecule has 204 valence electrons. The number of aliphatic hydroxyl groups is 1. The maximum absolute atomic E-state index is 12.6. The van der Waals surface area contributed by atoms with E-state index in [1.165, 1.54) is 36.7 Å². The van der Waals surface area contributed by atoms with E-state index in [2.05, 4.69) is 38.0 Å². The zero-order valence-electron chi connectivity index (χ0n) is 21.1. The molecule has 39 heavy (non-hydrogen) atoms. The van der Waals surface area contributed by atoms with Gasteiger partial charge in [0, 0.05) is 50.7 Å². The molecule has 0 aliphatic carbocycles. The Kier molecular flexibility index (Phi) is 6.96. The fourth-order valence-electron chi connectivity index (χ4n) is 5.25. The number of alkyl halides is 3. The number of aliphatic hydroxyl groups excluding tert-OH is 1. The molecule has 2 atom stereocenters. The summed E-state index contributed by atoms with van der Waals surface area (Å²) in [6.45, 7) is 5.69. The number of rotatable bonds is 4. The Hall–Kier alpha value is -4.08. The van der Waals surface area contributed by atoms with Crippen LogP contribution in [0.4, 0.5) is 19.0 Å². The number of hydrogen-bond donors (Lipinski definition) is 2. The van der Waals surface area contributed by atoms with Gasteiger partial charge in [-0.1, -0.05) is 24.6 Å². The molecule has 2 fully saturated rings. The summed E-state index contributed by atoms with van der Waals surface area (Å²) in [6, 6.07) is 5.47. The monoisotopic (exact) mass is 540 g/mol. The predicted octanol–water partition coefficient (Wildman–Crippen LogP) is 2.55. The summed E-state index contributed by atoms with van der Waals surface area (Å²) < 4.78 is 43.7. The molecular weight excluding hydrogens is 513 g/mol. The molecule has 3 aromatic rings. The maximum Gasteiger partial charge on any atom is 0.573 e. The Morgan fingerprint density at radius 3 is 2.59 bits per heavy atom. The van der Waals surface area contributed by atoms with Crippen molar-refractivity contribution in [3.05, 3.63) is 48.9 Å². The highest BCUT2D eigenvalue weighted by atomic mass is 19.4. The van der Waals surface area contributed by atoms with Crippen LogP contribution in [0, 0.1) is 17.8 Å². The fourth-order valence-corrected chi connectivity index (χ4v) is 5.25. The quantitative estimate of drug-likeness (QED) is 0.387. The number of fused-ring (bicyclic) bond motifs is 1. The number of halogens is 3. The van der Waals surface area contributed by atoms with E-state index < -0.39 is 12.5 Å². The van der Waals surface area contributed by atoms with Gasteiger partial charge in [-0.25, -0.2) is 9.97 Å². The van der Waals surface area contributed by atoms with Crippen molar-refractivity contribution in [3.8, 4) is 28.7 Å². The number of aromatic nitrogens is 3. The molecule has 0 radical (unpaired) electrons. The van der Waals surface area contributed by atoms with Gasteiger partial charge in [0.25, 0.3) is 0 Å². The minimum atomic E-state index is -4.79. The molecule has 2 aliphatic rings. The second kappa shape index (κ2) is 10.2. The number of β-amino-alcohol motifs (C(OH)–C–C–N with tert-alkyl or cyclic N) is 1. The van der Waals surface area contributed by atoms with E-state index in [-0.39, 0.29) is 36.0 Å². The summed E-state index contributed by atoms with van der Waals surface area (Å²) in [6.07, 6.45) is -2.16. The molecule has 0 bridgehead atoms. The second-order valence-corrected chi connectivity index (χ2v) is 9.64. The maximum atomic E-state index is 12.6. The lowest BCUT2D eigenvalue weighted by atomic mass is 9.91. The average Bonchev–Trinajstić information content (AvgIpc) is 3.15. The molecule has 0 unspecified atom stereocenters. The lowest BCUT2D eigenvalue weighted by molar-refractivity contribution is -0.274. The minimum absolute atomic E-state index is 0.0439. The van der Waals surface area contributed by atoms with Crippen LogP contribution in [0.15, 0.2) is 43.2 Å². The van der Waals surface area contributed by atoms with Crippen LogP contribution in [0.1, 0.15) is 12.1 Å². The number of nitrogens with zero attached hydrogens (tertiary/aromatic N) is 5. The number of nitrogens with two attached hydrogens (primary N) is 1. The third kappa shape index (κ3) is 5.28. The molecule has 2 aromatic heterocycles. The van der Waals surface area contributed by atoms with Crippen LogP contribution in [0.2, 0.25) is 0 Å². The van der Waals surface area contributed by atoms with Gasteiger partial charge in [0.1, 0.15) is 29.2 Å². The van der Waals surface area contributed by atoms with Crippen LogP contribution in [0.5, 0.6) is 5.75 Å². The first kappa shape index (κ1) is 26.5. The number of hydrogen-bond acceptors (Lipinski definition) is 7. The van der Waals surface area contributed by atoms with Crippen LogP contribution in [0.25, 0.3) is 22.2 Å². The second-order valence-electron chi connectivity index (χ2n) is 9.64. The van der Waals surface area contributed by atoms with E-state index in [1.807, 2.05) is 0 Å². The van der Waals surface area contributed by atoms with Crippen molar-refractivity contribution in [2.24, 2.45) is 13.0 Å². The molecule has 2 saturated heterocycles. The highest BCUT2D eigenvalue weighted by Crippen LogP contribution is 2.37. The summed E-state index contributed by atoms with van der Waals surface area (Å²) in [5, 5.41) is 11.2. The third-order valence-electron chi connectivity index (χ3n) is 7.18. The molecule has 0 spiro atoms. The van der Waals surface area contributed by atoms with Crippen molar-refractivity contribution in [1.82, 2.24) is 24.3 Å². The average molecular weight is 541 g/mol. The summed E-state index contributed by atoms with van der Waals surface area (Å²) in [5.74, 6) is 6.31. The minimum Gasteiger partial charge on any atom is -0.406 e. The number of carbonyl (C=O) groups excluding carboxylic acids is 1. The Bertz CT molecular complexity index is 1470. The van der Waals surface area contributed by atoms with Gasteiger partial charge in [-0.15, -0.1) is 13.2 Å². The van der Waals surface area contributed by atoms with E-state index >= 15 is 0 Å². The summed E-state index contributed by atoms with van der Waals surface area (Å²) >= 11 is 0. The number of piperidine rings is 1. The van der Waals surface area contributed by atoms with Crippen LogP contribution < -0.4 is 10.5 Å². The fraction of sp³-hybridized carbons (Fsp3) is 0.370. The first-order valence-corrected chi connectivity index (χ1v) is 12.4. The molecule has 2 aliphatic heterocycles. The summed E-state index contributed by atoms with van der Waals surface area (Å²) in [7, 11) is 1.80. The number of ether oxygens (including phenoxy) is 1. The molecular formula is C27H27F3N6O3. The van der Waals surface area contributed by atoms with E-state index in [1.54, 1.807) is 16.5 Å². The molecule has 4 heterocycles. The number of likely N-dealkylation sites (tertiary alicyclic amines) is 2. The van der Waals surface area contributed by atoms with Crippen molar-refractivity contribution >= 4 is 22.8 Å². The van der Waals surface area contributed by atoms with Gasteiger partial charge in [0.05, 0.1) is 11.5 Å². The Balaban J connectivity index is 1.37. The zero-order valence-corrected chi connectivity index (χ0v) is 21.1. The van der Waals surface area contributed by atoms with E-state index in [4.69, 9.17) is 5.73 Å². The van der Waals surface area contributed by atoms with Crippen molar-refractivity contribution in [1.29, 1.82) is 0 Å². The number of carbonyl (C=O) groups is 1. The van der Waals surface area contributed by atoms with Crippen molar-refractivity contribution < 1.29 is 27.8 Å². The zero-order chi connectivity index (χ0) is 27.9. The topological polar surface area (TPSA) is 110 Å².